The third kappa shape index (κ3) is 5.22. The number of hydrogen-bond acceptors (Lipinski definition) is 4. The van der Waals surface area contributed by atoms with E-state index in [2.05, 4.69) is 42.7 Å². The Balaban J connectivity index is 1.38. The van der Waals surface area contributed by atoms with Crippen molar-refractivity contribution in [3.63, 3.8) is 0 Å². The Morgan fingerprint density at radius 2 is 1.59 bits per heavy atom. The molecule has 0 spiro atoms. The Bertz CT molecular complexity index is 1180. The lowest BCUT2D eigenvalue weighted by atomic mass is 10.1. The molecule has 3 aromatic carbocycles. The Kier molecular flexibility index (Phi) is 6.95. The SMILES string of the molecule is COc1cccc(OCc2nc3ccccc3n2CCCCOc2ccc(C)c(C)c2)c1. The van der Waals surface area contributed by atoms with Crippen LogP contribution < -0.4 is 14.2 Å². The standard InChI is InChI=1S/C27H30N2O3/c1-20-13-14-24(17-21(20)2)31-16-7-6-15-29-26-12-5-4-11-25(26)28-27(29)19-32-23-10-8-9-22(18-23)30-3/h4-5,8-14,17-18H,6-7,15-16,19H2,1-3H3. The molecule has 5 nitrogen and oxygen atoms in total. The first-order valence-corrected chi connectivity index (χ1v) is 11.0. The van der Waals surface area contributed by atoms with Crippen LogP contribution in [-0.4, -0.2) is 23.3 Å². The van der Waals surface area contributed by atoms with Gasteiger partial charge in [-0.2, -0.15) is 0 Å². The van der Waals surface area contributed by atoms with Crippen LogP contribution in [-0.2, 0) is 13.2 Å². The van der Waals surface area contributed by atoms with Gasteiger partial charge in [-0.15, -0.1) is 0 Å². The molecule has 0 amide bonds. The lowest BCUT2D eigenvalue weighted by Gasteiger charge is -2.12. The summed E-state index contributed by atoms with van der Waals surface area (Å²) in [4.78, 5) is 4.81. The molecule has 0 unspecified atom stereocenters. The molecule has 166 valence electrons. The number of imidazole rings is 1. The molecule has 32 heavy (non-hydrogen) atoms. The van der Waals surface area contributed by atoms with Crippen molar-refractivity contribution < 1.29 is 14.2 Å². The van der Waals surface area contributed by atoms with E-state index in [1.807, 2.05) is 42.5 Å². The molecule has 0 N–H and O–H groups in total. The van der Waals surface area contributed by atoms with Crippen LogP contribution in [0.5, 0.6) is 17.2 Å². The van der Waals surface area contributed by atoms with Gasteiger partial charge in [-0.05, 0) is 74.2 Å². The van der Waals surface area contributed by atoms with Crippen molar-refractivity contribution in [1.82, 2.24) is 9.55 Å². The summed E-state index contributed by atoms with van der Waals surface area (Å²) in [6, 6.07) is 22.1. The second-order valence-corrected chi connectivity index (χ2v) is 7.94. The molecule has 4 rings (SSSR count). The van der Waals surface area contributed by atoms with E-state index in [1.54, 1.807) is 7.11 Å². The highest BCUT2D eigenvalue weighted by molar-refractivity contribution is 5.75. The van der Waals surface area contributed by atoms with Crippen molar-refractivity contribution in [2.24, 2.45) is 0 Å². The maximum Gasteiger partial charge on any atom is 0.147 e. The van der Waals surface area contributed by atoms with Crippen LogP contribution in [0.15, 0.2) is 66.7 Å². The number of methoxy groups -OCH3 is 1. The summed E-state index contributed by atoms with van der Waals surface area (Å²) in [5.41, 5.74) is 4.66. The van der Waals surface area contributed by atoms with Crippen molar-refractivity contribution in [2.45, 2.75) is 39.8 Å². The first-order chi connectivity index (χ1) is 15.6. The van der Waals surface area contributed by atoms with Gasteiger partial charge in [-0.3, -0.25) is 0 Å². The lowest BCUT2D eigenvalue weighted by Crippen LogP contribution is -2.09. The fraction of sp³-hybridized carbons (Fsp3) is 0.296. The number of hydrogen-bond donors (Lipinski definition) is 0. The van der Waals surface area contributed by atoms with Gasteiger partial charge in [0.15, 0.2) is 0 Å². The van der Waals surface area contributed by atoms with E-state index in [-0.39, 0.29) is 0 Å². The molecule has 0 aliphatic carbocycles. The molecule has 0 atom stereocenters. The molecular weight excluding hydrogens is 400 g/mol. The minimum atomic E-state index is 0.404. The maximum absolute atomic E-state index is 6.02. The van der Waals surface area contributed by atoms with Crippen molar-refractivity contribution in [3.05, 3.63) is 83.7 Å². The van der Waals surface area contributed by atoms with Gasteiger partial charge in [0.2, 0.25) is 0 Å². The molecule has 1 heterocycles. The van der Waals surface area contributed by atoms with Crippen LogP contribution in [0.25, 0.3) is 11.0 Å². The fourth-order valence-electron chi connectivity index (χ4n) is 3.69. The number of aromatic nitrogens is 2. The summed E-state index contributed by atoms with van der Waals surface area (Å²) < 4.78 is 19.5. The van der Waals surface area contributed by atoms with E-state index < -0.39 is 0 Å². The number of benzene rings is 3. The first-order valence-electron chi connectivity index (χ1n) is 11.0. The predicted octanol–water partition coefficient (Wildman–Crippen LogP) is 6.10. The summed E-state index contributed by atoms with van der Waals surface area (Å²) in [6.07, 6.45) is 1.97. The average Bonchev–Trinajstić information content (AvgIpc) is 3.17. The molecular formula is C27H30N2O3. The maximum atomic E-state index is 6.02. The van der Waals surface area contributed by atoms with E-state index in [4.69, 9.17) is 19.2 Å². The molecule has 1 aromatic heterocycles. The molecule has 0 aliphatic heterocycles. The van der Waals surface area contributed by atoms with Crippen LogP contribution in [0.3, 0.4) is 0 Å². The Morgan fingerprint density at radius 3 is 2.44 bits per heavy atom. The molecule has 4 aromatic rings. The number of para-hydroxylation sites is 2. The molecule has 0 bridgehead atoms. The summed E-state index contributed by atoms with van der Waals surface area (Å²) in [7, 11) is 1.66. The largest absolute Gasteiger partial charge is 0.497 e. The normalized spacial score (nSPS) is 11.0. The lowest BCUT2D eigenvalue weighted by molar-refractivity contribution is 0.283. The number of rotatable bonds is 10. The summed E-state index contributed by atoms with van der Waals surface area (Å²) in [6.45, 7) is 6.20. The van der Waals surface area contributed by atoms with Gasteiger partial charge < -0.3 is 18.8 Å². The van der Waals surface area contributed by atoms with Gasteiger partial charge in [0.1, 0.15) is 29.7 Å². The fourth-order valence-corrected chi connectivity index (χ4v) is 3.69. The molecule has 0 aliphatic rings. The summed E-state index contributed by atoms with van der Waals surface area (Å²) >= 11 is 0. The zero-order chi connectivity index (χ0) is 22.3. The minimum absolute atomic E-state index is 0.404. The van der Waals surface area contributed by atoms with Crippen LogP contribution >= 0.6 is 0 Å². The third-order valence-electron chi connectivity index (χ3n) is 5.67. The average molecular weight is 431 g/mol. The molecule has 0 fully saturated rings. The van der Waals surface area contributed by atoms with Crippen molar-refractivity contribution in [1.29, 1.82) is 0 Å². The van der Waals surface area contributed by atoms with Crippen LogP contribution in [0, 0.1) is 13.8 Å². The van der Waals surface area contributed by atoms with E-state index >= 15 is 0 Å². The van der Waals surface area contributed by atoms with Gasteiger partial charge >= 0.3 is 0 Å². The zero-order valence-corrected chi connectivity index (χ0v) is 19.0. The van der Waals surface area contributed by atoms with Gasteiger partial charge in [-0.1, -0.05) is 24.3 Å². The minimum Gasteiger partial charge on any atom is -0.497 e. The second kappa shape index (κ2) is 10.2. The van der Waals surface area contributed by atoms with Crippen LogP contribution in [0.2, 0.25) is 0 Å². The second-order valence-electron chi connectivity index (χ2n) is 7.94. The third-order valence-corrected chi connectivity index (χ3v) is 5.67. The van der Waals surface area contributed by atoms with Crippen molar-refractivity contribution in [3.8, 4) is 17.2 Å². The molecule has 5 heteroatoms. The van der Waals surface area contributed by atoms with Gasteiger partial charge in [-0.25, -0.2) is 4.98 Å². The molecule has 0 radical (unpaired) electrons. The summed E-state index contributed by atoms with van der Waals surface area (Å²) in [5, 5.41) is 0. The predicted molar refractivity (Wildman–Crippen MR) is 128 cm³/mol. The van der Waals surface area contributed by atoms with E-state index in [0.29, 0.717) is 13.2 Å². The van der Waals surface area contributed by atoms with Gasteiger partial charge in [0.25, 0.3) is 0 Å². The summed E-state index contributed by atoms with van der Waals surface area (Å²) in [5.74, 6) is 3.40. The Hall–Kier alpha value is -3.47. The quantitative estimate of drug-likeness (QED) is 0.285. The monoisotopic (exact) mass is 430 g/mol. The Morgan fingerprint density at radius 1 is 0.781 bits per heavy atom. The smallest absolute Gasteiger partial charge is 0.147 e. The zero-order valence-electron chi connectivity index (χ0n) is 19.0. The molecule has 0 saturated carbocycles. The topological polar surface area (TPSA) is 45.5 Å². The number of ether oxygens (including phenoxy) is 3. The number of fused-ring (bicyclic) bond motifs is 1. The van der Waals surface area contributed by atoms with Gasteiger partial charge in [0.05, 0.1) is 24.8 Å². The Labute approximate surface area is 189 Å². The van der Waals surface area contributed by atoms with E-state index in [9.17, 15) is 0 Å². The van der Waals surface area contributed by atoms with Crippen molar-refractivity contribution in [2.75, 3.05) is 13.7 Å². The number of unbranched alkanes of at least 4 members (excludes halogenated alkanes) is 1. The molecule has 0 saturated heterocycles. The van der Waals surface area contributed by atoms with Gasteiger partial charge in [0, 0.05) is 12.6 Å². The highest BCUT2D eigenvalue weighted by atomic mass is 16.5. The van der Waals surface area contributed by atoms with E-state index in [0.717, 1.165) is 53.5 Å². The number of nitrogens with zero attached hydrogens (tertiary/aromatic N) is 2. The van der Waals surface area contributed by atoms with E-state index in [1.165, 1.54) is 11.1 Å². The highest BCUT2D eigenvalue weighted by Gasteiger charge is 2.11. The van der Waals surface area contributed by atoms with Crippen LogP contribution in [0.4, 0.5) is 0 Å². The first kappa shape index (κ1) is 21.8. The highest BCUT2D eigenvalue weighted by Crippen LogP contribution is 2.22. The number of aryl methyl sites for hydroxylation is 3. The van der Waals surface area contributed by atoms with Crippen LogP contribution in [0.1, 0.15) is 29.8 Å². The van der Waals surface area contributed by atoms with Crippen molar-refractivity contribution >= 4 is 11.0 Å².